The zero-order valence-corrected chi connectivity index (χ0v) is 19.0. The van der Waals surface area contributed by atoms with E-state index in [1.807, 2.05) is 19.9 Å². The first kappa shape index (κ1) is 23.6. The summed E-state index contributed by atoms with van der Waals surface area (Å²) in [6.45, 7) is 3.86. The number of methoxy groups -OCH3 is 1. The zero-order chi connectivity index (χ0) is 22.1. The fourth-order valence-electron chi connectivity index (χ4n) is 2.40. The van der Waals surface area contributed by atoms with Gasteiger partial charge >= 0.3 is 0 Å². The maximum Gasteiger partial charge on any atom is 0.240 e. The second-order valence-electron chi connectivity index (χ2n) is 6.52. The number of hydrogen-bond donors (Lipinski definition) is 2. The number of benzene rings is 2. The molecular weight excluding hydrogens is 504 g/mol. The van der Waals surface area contributed by atoms with Crippen LogP contribution in [0.15, 0.2) is 41.5 Å². The Morgan fingerprint density at radius 2 is 1.90 bits per heavy atom. The Bertz CT molecular complexity index is 934. The number of hydrogen-bond acceptors (Lipinski definition) is 5. The monoisotopic (exact) mass is 527 g/mol. The molecular formula is C21H23FIN3O4. The number of carbonyl (C=O) groups excluding carboxylic acids is 2. The Hall–Kier alpha value is -2.69. The minimum Gasteiger partial charge on any atom is -0.493 e. The molecule has 2 N–H and O–H groups in total. The van der Waals surface area contributed by atoms with Gasteiger partial charge in [0.05, 0.1) is 28.7 Å². The molecule has 0 heterocycles. The molecule has 2 amide bonds. The normalized spacial score (nSPS) is 10.9. The first-order valence-corrected chi connectivity index (χ1v) is 10.3. The van der Waals surface area contributed by atoms with Crippen LogP contribution in [0.1, 0.15) is 32.3 Å². The van der Waals surface area contributed by atoms with Gasteiger partial charge in [0.1, 0.15) is 5.82 Å². The number of carbonyl (C=O) groups is 2. The fraction of sp³-hybridized carbons (Fsp3) is 0.286. The van der Waals surface area contributed by atoms with Crippen molar-refractivity contribution in [2.45, 2.75) is 32.8 Å². The van der Waals surface area contributed by atoms with Crippen LogP contribution in [-0.2, 0) is 9.59 Å². The molecule has 0 spiro atoms. The average Bonchev–Trinajstić information content (AvgIpc) is 2.69. The number of nitrogens with zero attached hydrogens (tertiary/aromatic N) is 1. The molecule has 0 saturated heterocycles. The van der Waals surface area contributed by atoms with Crippen molar-refractivity contribution in [2.24, 2.45) is 5.10 Å². The molecule has 160 valence electrons. The molecule has 30 heavy (non-hydrogen) atoms. The molecule has 2 aromatic rings. The van der Waals surface area contributed by atoms with E-state index in [1.54, 1.807) is 19.2 Å². The zero-order valence-electron chi connectivity index (χ0n) is 16.9. The third-order valence-corrected chi connectivity index (χ3v) is 4.54. The molecule has 0 bridgehead atoms. The highest BCUT2D eigenvalue weighted by Gasteiger charge is 2.13. The van der Waals surface area contributed by atoms with Crippen molar-refractivity contribution in [3.05, 3.63) is 51.3 Å². The number of amides is 2. The van der Waals surface area contributed by atoms with E-state index in [-0.39, 0.29) is 24.6 Å². The van der Waals surface area contributed by atoms with Crippen LogP contribution >= 0.6 is 22.6 Å². The van der Waals surface area contributed by atoms with Crippen LogP contribution in [0.3, 0.4) is 0 Å². The Balaban J connectivity index is 1.87. The lowest BCUT2D eigenvalue weighted by Crippen LogP contribution is -2.21. The van der Waals surface area contributed by atoms with Gasteiger partial charge in [0.2, 0.25) is 11.8 Å². The standard InChI is InChI=1S/C21H23FIN3O4/c1-13(2)30-21-16(23)10-14(11-18(21)29-3)12-24-26-20(28)9-8-19(27)25-17-7-5-4-6-15(17)22/h4-7,10-13H,8-9H2,1-3H3,(H,25,27)(H,26,28). The number of rotatable bonds is 9. The summed E-state index contributed by atoms with van der Waals surface area (Å²) >= 11 is 2.14. The summed E-state index contributed by atoms with van der Waals surface area (Å²) in [7, 11) is 1.55. The first-order valence-electron chi connectivity index (χ1n) is 9.20. The van der Waals surface area contributed by atoms with E-state index in [2.05, 4.69) is 38.4 Å². The molecule has 0 aromatic heterocycles. The van der Waals surface area contributed by atoms with Gasteiger partial charge in [-0.05, 0) is 66.3 Å². The Labute approximate surface area is 188 Å². The number of hydrazone groups is 1. The largest absolute Gasteiger partial charge is 0.493 e. The fourth-order valence-corrected chi connectivity index (χ4v) is 3.15. The maximum absolute atomic E-state index is 13.5. The third-order valence-electron chi connectivity index (χ3n) is 3.74. The molecule has 0 aliphatic rings. The smallest absolute Gasteiger partial charge is 0.240 e. The van der Waals surface area contributed by atoms with Gasteiger partial charge in [-0.3, -0.25) is 9.59 Å². The van der Waals surface area contributed by atoms with E-state index < -0.39 is 17.6 Å². The van der Waals surface area contributed by atoms with Crippen molar-refractivity contribution in [3.8, 4) is 11.5 Å². The van der Waals surface area contributed by atoms with Crippen LogP contribution in [-0.4, -0.2) is 31.2 Å². The van der Waals surface area contributed by atoms with Crippen LogP contribution < -0.4 is 20.2 Å². The van der Waals surface area contributed by atoms with Gasteiger partial charge in [-0.2, -0.15) is 5.10 Å². The molecule has 0 aliphatic heterocycles. The van der Waals surface area contributed by atoms with Crippen LogP contribution in [0.2, 0.25) is 0 Å². The third kappa shape index (κ3) is 7.29. The van der Waals surface area contributed by atoms with Gasteiger partial charge in [-0.25, -0.2) is 9.82 Å². The van der Waals surface area contributed by atoms with Crippen LogP contribution in [0.25, 0.3) is 0 Å². The van der Waals surface area contributed by atoms with Crippen molar-refractivity contribution in [2.75, 3.05) is 12.4 Å². The number of ether oxygens (including phenoxy) is 2. The van der Waals surface area contributed by atoms with Gasteiger partial charge in [-0.15, -0.1) is 0 Å². The van der Waals surface area contributed by atoms with E-state index in [4.69, 9.17) is 9.47 Å². The Kier molecular flexibility index (Phi) is 9.03. The lowest BCUT2D eigenvalue weighted by molar-refractivity contribution is -0.124. The quantitative estimate of drug-likeness (QED) is 0.292. The highest BCUT2D eigenvalue weighted by Crippen LogP contribution is 2.34. The number of nitrogens with one attached hydrogen (secondary N) is 2. The predicted octanol–water partition coefficient (Wildman–Crippen LogP) is 4.10. The van der Waals surface area contributed by atoms with E-state index in [0.29, 0.717) is 17.1 Å². The lowest BCUT2D eigenvalue weighted by atomic mass is 10.2. The van der Waals surface area contributed by atoms with Crippen molar-refractivity contribution < 1.29 is 23.5 Å². The van der Waals surface area contributed by atoms with Crippen LogP contribution in [0, 0.1) is 9.39 Å². The molecule has 0 fully saturated rings. The number of para-hydroxylation sites is 1. The van der Waals surface area contributed by atoms with Gasteiger partial charge in [0.25, 0.3) is 0 Å². The molecule has 0 atom stereocenters. The SMILES string of the molecule is COc1cc(C=NNC(=O)CCC(=O)Nc2ccccc2F)cc(I)c1OC(C)C. The Morgan fingerprint density at radius 3 is 2.57 bits per heavy atom. The van der Waals surface area contributed by atoms with Gasteiger partial charge in [-0.1, -0.05) is 12.1 Å². The average molecular weight is 527 g/mol. The molecule has 0 saturated carbocycles. The predicted molar refractivity (Wildman–Crippen MR) is 121 cm³/mol. The second kappa shape index (κ2) is 11.5. The second-order valence-corrected chi connectivity index (χ2v) is 7.68. The Morgan fingerprint density at radius 1 is 1.20 bits per heavy atom. The van der Waals surface area contributed by atoms with E-state index in [9.17, 15) is 14.0 Å². The highest BCUT2D eigenvalue weighted by molar-refractivity contribution is 14.1. The molecule has 2 rings (SSSR count). The van der Waals surface area contributed by atoms with Crippen LogP contribution in [0.4, 0.5) is 10.1 Å². The van der Waals surface area contributed by atoms with Crippen molar-refractivity contribution in [1.82, 2.24) is 5.43 Å². The minimum atomic E-state index is -0.533. The molecule has 0 aliphatic carbocycles. The van der Waals surface area contributed by atoms with Crippen molar-refractivity contribution >= 4 is 46.3 Å². The van der Waals surface area contributed by atoms with Crippen molar-refractivity contribution in [3.63, 3.8) is 0 Å². The molecule has 0 radical (unpaired) electrons. The summed E-state index contributed by atoms with van der Waals surface area (Å²) in [5.41, 5.74) is 3.16. The first-order chi connectivity index (χ1) is 14.3. The number of halogens is 2. The number of anilines is 1. The molecule has 9 heteroatoms. The summed E-state index contributed by atoms with van der Waals surface area (Å²) in [5.74, 6) is -0.214. The highest BCUT2D eigenvalue weighted by atomic mass is 127. The van der Waals surface area contributed by atoms with Crippen LogP contribution in [0.5, 0.6) is 11.5 Å². The summed E-state index contributed by atoms with van der Waals surface area (Å²) in [4.78, 5) is 23.8. The van der Waals surface area contributed by atoms with Crippen molar-refractivity contribution in [1.29, 1.82) is 0 Å². The van der Waals surface area contributed by atoms with Gasteiger partial charge in [0, 0.05) is 12.8 Å². The summed E-state index contributed by atoms with van der Waals surface area (Å²) in [5, 5.41) is 6.33. The molecule has 0 unspecified atom stereocenters. The topological polar surface area (TPSA) is 89.0 Å². The van der Waals surface area contributed by atoms with Gasteiger partial charge < -0.3 is 14.8 Å². The van der Waals surface area contributed by atoms with E-state index in [1.165, 1.54) is 24.4 Å². The molecule has 7 nitrogen and oxygen atoms in total. The molecule has 2 aromatic carbocycles. The van der Waals surface area contributed by atoms with Gasteiger partial charge in [0.15, 0.2) is 11.5 Å². The lowest BCUT2D eigenvalue weighted by Gasteiger charge is -2.15. The summed E-state index contributed by atoms with van der Waals surface area (Å²) in [6.07, 6.45) is 1.30. The summed E-state index contributed by atoms with van der Waals surface area (Å²) < 4.78 is 25.5. The van der Waals surface area contributed by atoms with E-state index >= 15 is 0 Å². The minimum absolute atomic E-state index is 0.00167. The van der Waals surface area contributed by atoms with E-state index in [0.717, 1.165) is 3.57 Å². The maximum atomic E-state index is 13.5. The summed E-state index contributed by atoms with van der Waals surface area (Å²) in [6, 6.07) is 9.42.